The lowest BCUT2D eigenvalue weighted by Gasteiger charge is -2.13. The maximum atomic E-state index is 12.7. The van der Waals surface area contributed by atoms with Crippen LogP contribution in [0.25, 0.3) is 11.1 Å². The van der Waals surface area contributed by atoms with Crippen LogP contribution in [0.2, 0.25) is 0 Å². The zero-order valence-electron chi connectivity index (χ0n) is 13.4. The van der Waals surface area contributed by atoms with E-state index in [-0.39, 0.29) is 4.90 Å². The molecule has 0 saturated heterocycles. The van der Waals surface area contributed by atoms with Gasteiger partial charge in [-0.05, 0) is 35.7 Å². The lowest BCUT2D eigenvalue weighted by atomic mass is 10.0. The van der Waals surface area contributed by atoms with Crippen LogP contribution in [0, 0.1) is 0 Å². The summed E-state index contributed by atoms with van der Waals surface area (Å²) in [7, 11) is -3.62. The molecule has 3 aromatic carbocycles. The summed E-state index contributed by atoms with van der Waals surface area (Å²) in [4.78, 5) is 0.266. The van der Waals surface area contributed by atoms with Crippen LogP contribution in [0.5, 0.6) is 0 Å². The van der Waals surface area contributed by atoms with Crippen LogP contribution in [0.4, 0.5) is 5.69 Å². The Morgan fingerprint density at radius 3 is 2.08 bits per heavy atom. The van der Waals surface area contributed by atoms with E-state index in [1.54, 1.807) is 18.2 Å². The number of nitrogens with one attached hydrogen (secondary N) is 1. The monoisotopic (exact) mass is 337 g/mol. The highest BCUT2D eigenvalue weighted by Gasteiger charge is 2.16. The quantitative estimate of drug-likeness (QED) is 0.732. The molecular weight excluding hydrogens is 318 g/mol. The van der Waals surface area contributed by atoms with Crippen LogP contribution in [-0.2, 0) is 16.4 Å². The average Bonchev–Trinajstić information content (AvgIpc) is 2.63. The number of hydrogen-bond acceptors (Lipinski definition) is 2. The Bertz CT molecular complexity index is 917. The third-order valence-electron chi connectivity index (χ3n) is 3.90. The molecule has 3 rings (SSSR count). The number of para-hydroxylation sites is 1. The molecule has 0 heterocycles. The number of anilines is 1. The highest BCUT2D eigenvalue weighted by Crippen LogP contribution is 2.29. The lowest BCUT2D eigenvalue weighted by molar-refractivity contribution is 0.601. The van der Waals surface area contributed by atoms with Crippen molar-refractivity contribution in [2.75, 3.05) is 4.72 Å². The second kappa shape index (κ2) is 6.89. The van der Waals surface area contributed by atoms with Crippen molar-refractivity contribution in [3.05, 3.63) is 84.4 Å². The molecule has 122 valence electrons. The molecule has 0 atom stereocenters. The van der Waals surface area contributed by atoms with Gasteiger partial charge in [0.05, 0.1) is 10.6 Å². The minimum Gasteiger partial charge on any atom is -0.279 e. The second-order valence-electron chi connectivity index (χ2n) is 5.51. The Hall–Kier alpha value is -2.59. The fourth-order valence-electron chi connectivity index (χ4n) is 2.55. The predicted molar refractivity (Wildman–Crippen MR) is 98.5 cm³/mol. The van der Waals surface area contributed by atoms with E-state index in [1.807, 2.05) is 67.6 Å². The summed E-state index contributed by atoms with van der Waals surface area (Å²) in [5, 5.41) is 0. The van der Waals surface area contributed by atoms with Gasteiger partial charge in [-0.3, -0.25) is 4.72 Å². The van der Waals surface area contributed by atoms with Crippen molar-refractivity contribution in [3.8, 4) is 11.1 Å². The normalized spacial score (nSPS) is 11.2. The first-order valence-electron chi connectivity index (χ1n) is 7.86. The molecule has 0 aliphatic rings. The van der Waals surface area contributed by atoms with E-state index in [4.69, 9.17) is 0 Å². The maximum absolute atomic E-state index is 12.7. The summed E-state index contributed by atoms with van der Waals surface area (Å²) in [6.07, 6.45) is 0.880. The maximum Gasteiger partial charge on any atom is 0.261 e. The molecule has 0 amide bonds. The molecule has 1 N–H and O–H groups in total. The summed E-state index contributed by atoms with van der Waals surface area (Å²) < 4.78 is 28.1. The van der Waals surface area contributed by atoms with Gasteiger partial charge in [0.15, 0.2) is 0 Å². The first-order chi connectivity index (χ1) is 11.6. The summed E-state index contributed by atoms with van der Waals surface area (Å²) in [5.41, 5.74) is 3.51. The van der Waals surface area contributed by atoms with E-state index in [1.165, 1.54) is 0 Å². The molecule has 0 aliphatic heterocycles. The van der Waals surface area contributed by atoms with Gasteiger partial charge in [0.1, 0.15) is 0 Å². The first-order valence-corrected chi connectivity index (χ1v) is 9.34. The molecule has 0 bridgehead atoms. The van der Waals surface area contributed by atoms with Gasteiger partial charge in [-0.1, -0.05) is 67.6 Å². The summed E-state index contributed by atoms with van der Waals surface area (Å²) >= 11 is 0. The Morgan fingerprint density at radius 2 is 1.42 bits per heavy atom. The Kier molecular flexibility index (Phi) is 4.67. The molecule has 3 aromatic rings. The molecule has 0 aliphatic carbocycles. The summed E-state index contributed by atoms with van der Waals surface area (Å²) in [6, 6.07) is 24.1. The number of aryl methyl sites for hydroxylation is 1. The average molecular weight is 337 g/mol. The largest absolute Gasteiger partial charge is 0.279 e. The zero-order valence-corrected chi connectivity index (χ0v) is 14.3. The van der Waals surface area contributed by atoms with Crippen LogP contribution in [0.15, 0.2) is 83.8 Å². The van der Waals surface area contributed by atoms with Gasteiger partial charge < -0.3 is 0 Å². The number of benzene rings is 3. The molecule has 0 unspecified atom stereocenters. The molecule has 4 heteroatoms. The van der Waals surface area contributed by atoms with Crippen molar-refractivity contribution in [1.82, 2.24) is 0 Å². The van der Waals surface area contributed by atoms with Gasteiger partial charge in [0.25, 0.3) is 10.0 Å². The summed E-state index contributed by atoms with van der Waals surface area (Å²) in [6.45, 7) is 2.04. The molecule has 0 radical (unpaired) electrons. The molecular formula is C20H19NO2S. The van der Waals surface area contributed by atoms with E-state index in [2.05, 4.69) is 4.72 Å². The van der Waals surface area contributed by atoms with Gasteiger partial charge in [-0.2, -0.15) is 0 Å². The number of hydrogen-bond donors (Lipinski definition) is 1. The van der Waals surface area contributed by atoms with Gasteiger partial charge in [-0.25, -0.2) is 8.42 Å². The molecule has 0 saturated carbocycles. The van der Waals surface area contributed by atoms with Gasteiger partial charge in [0, 0.05) is 5.56 Å². The van der Waals surface area contributed by atoms with E-state index in [0.29, 0.717) is 5.69 Å². The Morgan fingerprint density at radius 1 is 0.792 bits per heavy atom. The first kappa shape index (κ1) is 16.3. The minimum atomic E-state index is -3.62. The van der Waals surface area contributed by atoms with Crippen molar-refractivity contribution < 1.29 is 8.42 Å². The highest BCUT2D eigenvalue weighted by molar-refractivity contribution is 7.92. The standard InChI is InChI=1S/C20H19NO2S/c1-2-16-12-14-18(15-13-16)24(22,23)21-20-11-7-6-10-19(20)17-8-4-3-5-9-17/h3-15,21H,2H2,1H3. The van der Waals surface area contributed by atoms with Crippen LogP contribution in [0.3, 0.4) is 0 Å². The fraction of sp³-hybridized carbons (Fsp3) is 0.100. The van der Waals surface area contributed by atoms with Crippen molar-refractivity contribution >= 4 is 15.7 Å². The van der Waals surface area contributed by atoms with Crippen LogP contribution < -0.4 is 4.72 Å². The van der Waals surface area contributed by atoms with E-state index >= 15 is 0 Å². The van der Waals surface area contributed by atoms with Crippen LogP contribution in [0.1, 0.15) is 12.5 Å². The number of sulfonamides is 1. The van der Waals surface area contributed by atoms with Crippen molar-refractivity contribution in [3.63, 3.8) is 0 Å². The lowest BCUT2D eigenvalue weighted by Crippen LogP contribution is -2.13. The predicted octanol–water partition coefficient (Wildman–Crippen LogP) is 4.72. The summed E-state index contributed by atoms with van der Waals surface area (Å²) in [5.74, 6) is 0. The van der Waals surface area contributed by atoms with Gasteiger partial charge in [-0.15, -0.1) is 0 Å². The van der Waals surface area contributed by atoms with Crippen molar-refractivity contribution in [2.45, 2.75) is 18.2 Å². The smallest absolute Gasteiger partial charge is 0.261 e. The minimum absolute atomic E-state index is 0.266. The molecule has 0 spiro atoms. The SMILES string of the molecule is CCc1ccc(S(=O)(=O)Nc2ccccc2-c2ccccc2)cc1. The van der Waals surface area contributed by atoms with Crippen molar-refractivity contribution in [1.29, 1.82) is 0 Å². The van der Waals surface area contributed by atoms with E-state index in [9.17, 15) is 8.42 Å². The van der Waals surface area contributed by atoms with E-state index < -0.39 is 10.0 Å². The second-order valence-corrected chi connectivity index (χ2v) is 7.20. The Labute approximate surface area is 143 Å². The van der Waals surface area contributed by atoms with Crippen molar-refractivity contribution in [2.24, 2.45) is 0 Å². The fourth-order valence-corrected chi connectivity index (χ4v) is 3.63. The molecule has 3 nitrogen and oxygen atoms in total. The number of rotatable bonds is 5. The van der Waals surface area contributed by atoms with E-state index in [0.717, 1.165) is 23.1 Å². The topological polar surface area (TPSA) is 46.2 Å². The van der Waals surface area contributed by atoms with Crippen LogP contribution >= 0.6 is 0 Å². The van der Waals surface area contributed by atoms with Gasteiger partial charge in [0.2, 0.25) is 0 Å². The third kappa shape index (κ3) is 3.49. The highest BCUT2D eigenvalue weighted by atomic mass is 32.2. The third-order valence-corrected chi connectivity index (χ3v) is 5.28. The zero-order chi connectivity index (χ0) is 17.0. The Balaban J connectivity index is 1.96. The van der Waals surface area contributed by atoms with Gasteiger partial charge >= 0.3 is 0 Å². The molecule has 0 fully saturated rings. The molecule has 0 aromatic heterocycles. The van der Waals surface area contributed by atoms with Crippen LogP contribution in [-0.4, -0.2) is 8.42 Å². The molecule has 24 heavy (non-hydrogen) atoms.